The van der Waals surface area contributed by atoms with Gasteiger partial charge in [-0.25, -0.2) is 0 Å². The van der Waals surface area contributed by atoms with E-state index in [9.17, 15) is 0 Å². The highest BCUT2D eigenvalue weighted by molar-refractivity contribution is 4.69. The molecule has 0 amide bonds. The van der Waals surface area contributed by atoms with E-state index in [0.29, 0.717) is 12.2 Å². The summed E-state index contributed by atoms with van der Waals surface area (Å²) in [4.78, 5) is 2.35. The first-order valence-electron chi connectivity index (χ1n) is 7.31. The molecule has 0 aliphatic carbocycles. The molecule has 0 bridgehead atoms. The molecule has 1 saturated heterocycles. The highest BCUT2D eigenvalue weighted by atomic mass is 16.5. The van der Waals surface area contributed by atoms with E-state index in [0.717, 1.165) is 45.8 Å². The van der Waals surface area contributed by atoms with Crippen LogP contribution in [-0.2, 0) is 9.47 Å². The Kier molecular flexibility index (Phi) is 8.59. The van der Waals surface area contributed by atoms with Crippen LogP contribution in [0.25, 0.3) is 0 Å². The zero-order valence-corrected chi connectivity index (χ0v) is 12.3. The Morgan fingerprint density at radius 2 is 2.22 bits per heavy atom. The molecule has 1 heterocycles. The molecule has 4 nitrogen and oxygen atoms in total. The summed E-state index contributed by atoms with van der Waals surface area (Å²) in [6, 6.07) is 0. The molecule has 0 aromatic rings. The molecule has 1 atom stereocenters. The normalized spacial score (nSPS) is 20.2. The second-order valence-electron chi connectivity index (χ2n) is 5.42. The summed E-state index contributed by atoms with van der Waals surface area (Å²) >= 11 is 0. The highest BCUT2D eigenvalue weighted by Gasteiger charge is 2.16. The first-order valence-corrected chi connectivity index (χ1v) is 7.31. The summed E-state index contributed by atoms with van der Waals surface area (Å²) in [5, 5.41) is 3.45. The molecule has 0 aromatic heterocycles. The van der Waals surface area contributed by atoms with Crippen LogP contribution < -0.4 is 5.32 Å². The van der Waals surface area contributed by atoms with Gasteiger partial charge in [0.05, 0.1) is 12.2 Å². The zero-order chi connectivity index (χ0) is 13.2. The fraction of sp³-hybridized carbons (Fsp3) is 1.00. The molecule has 1 fully saturated rings. The Morgan fingerprint density at radius 1 is 1.39 bits per heavy atom. The van der Waals surface area contributed by atoms with Crippen molar-refractivity contribution >= 4 is 0 Å². The van der Waals surface area contributed by atoms with Gasteiger partial charge in [-0.3, -0.25) is 0 Å². The molecule has 4 heteroatoms. The van der Waals surface area contributed by atoms with Crippen molar-refractivity contribution in [2.24, 2.45) is 0 Å². The van der Waals surface area contributed by atoms with Crippen LogP contribution in [0.2, 0.25) is 0 Å². The summed E-state index contributed by atoms with van der Waals surface area (Å²) in [6.45, 7) is 10.2. The Bertz CT molecular complexity index is 194. The fourth-order valence-corrected chi connectivity index (χ4v) is 2.14. The first kappa shape index (κ1) is 15.9. The highest BCUT2D eigenvalue weighted by Crippen LogP contribution is 2.12. The van der Waals surface area contributed by atoms with Crippen LogP contribution in [0.4, 0.5) is 0 Å². The lowest BCUT2D eigenvalue weighted by Crippen LogP contribution is -2.34. The van der Waals surface area contributed by atoms with Crippen LogP contribution in [0.15, 0.2) is 0 Å². The summed E-state index contributed by atoms with van der Waals surface area (Å²) in [7, 11) is 2.17. The van der Waals surface area contributed by atoms with Crippen LogP contribution in [0, 0.1) is 0 Å². The van der Waals surface area contributed by atoms with E-state index in [4.69, 9.17) is 9.47 Å². The molecule has 18 heavy (non-hydrogen) atoms. The smallest absolute Gasteiger partial charge is 0.0702 e. The molecular weight excluding hydrogens is 228 g/mol. The molecule has 1 aliphatic heterocycles. The minimum atomic E-state index is 0.350. The SMILES string of the molecule is CC(C)OCCCNCCN(C)CC1CCCO1. The van der Waals surface area contributed by atoms with Gasteiger partial charge < -0.3 is 19.7 Å². The van der Waals surface area contributed by atoms with Crippen molar-refractivity contribution in [3.63, 3.8) is 0 Å². The van der Waals surface area contributed by atoms with E-state index in [1.807, 2.05) is 0 Å². The van der Waals surface area contributed by atoms with E-state index in [1.165, 1.54) is 12.8 Å². The minimum Gasteiger partial charge on any atom is -0.379 e. The second-order valence-corrected chi connectivity index (χ2v) is 5.42. The van der Waals surface area contributed by atoms with Gasteiger partial charge in [-0.1, -0.05) is 0 Å². The van der Waals surface area contributed by atoms with Gasteiger partial charge in [0.15, 0.2) is 0 Å². The van der Waals surface area contributed by atoms with Crippen LogP contribution in [0.3, 0.4) is 0 Å². The predicted molar refractivity (Wildman–Crippen MR) is 75.0 cm³/mol. The summed E-state index contributed by atoms with van der Waals surface area (Å²) in [5.41, 5.74) is 0. The predicted octanol–water partition coefficient (Wildman–Crippen LogP) is 1.50. The number of nitrogens with zero attached hydrogens (tertiary/aromatic N) is 1. The van der Waals surface area contributed by atoms with Gasteiger partial charge in [0, 0.05) is 32.8 Å². The Hall–Kier alpha value is -0.160. The van der Waals surface area contributed by atoms with Crippen molar-refractivity contribution in [2.45, 2.75) is 45.3 Å². The quantitative estimate of drug-likeness (QED) is 0.602. The van der Waals surface area contributed by atoms with Crippen LogP contribution >= 0.6 is 0 Å². The maximum atomic E-state index is 5.63. The van der Waals surface area contributed by atoms with E-state index in [-0.39, 0.29) is 0 Å². The van der Waals surface area contributed by atoms with E-state index >= 15 is 0 Å². The molecule has 108 valence electrons. The van der Waals surface area contributed by atoms with E-state index in [1.54, 1.807) is 0 Å². The van der Waals surface area contributed by atoms with Crippen molar-refractivity contribution in [2.75, 3.05) is 46.4 Å². The topological polar surface area (TPSA) is 33.7 Å². The van der Waals surface area contributed by atoms with Crippen molar-refractivity contribution in [3.8, 4) is 0 Å². The second kappa shape index (κ2) is 9.73. The van der Waals surface area contributed by atoms with Crippen LogP contribution in [0.5, 0.6) is 0 Å². The molecule has 1 N–H and O–H groups in total. The maximum absolute atomic E-state index is 5.63. The number of rotatable bonds is 10. The van der Waals surface area contributed by atoms with Gasteiger partial charge in [-0.15, -0.1) is 0 Å². The molecule has 1 aliphatic rings. The number of hydrogen-bond acceptors (Lipinski definition) is 4. The van der Waals surface area contributed by atoms with E-state index < -0.39 is 0 Å². The number of ether oxygens (including phenoxy) is 2. The van der Waals surface area contributed by atoms with Crippen LogP contribution in [0.1, 0.15) is 33.1 Å². The van der Waals surface area contributed by atoms with E-state index in [2.05, 4.69) is 31.1 Å². The lowest BCUT2D eigenvalue weighted by Gasteiger charge is -2.20. The third-order valence-corrected chi connectivity index (χ3v) is 3.16. The number of likely N-dealkylation sites (N-methyl/N-ethyl adjacent to an activating group) is 1. The molecule has 0 spiro atoms. The van der Waals surface area contributed by atoms with Gasteiger partial charge in [-0.05, 0) is 46.7 Å². The number of hydrogen-bond donors (Lipinski definition) is 1. The van der Waals surface area contributed by atoms with Crippen molar-refractivity contribution < 1.29 is 9.47 Å². The summed E-state index contributed by atoms with van der Waals surface area (Å²) < 4.78 is 11.1. The molecule has 1 rings (SSSR count). The van der Waals surface area contributed by atoms with Crippen molar-refractivity contribution in [3.05, 3.63) is 0 Å². The third kappa shape index (κ3) is 8.03. The summed E-state index contributed by atoms with van der Waals surface area (Å²) in [5.74, 6) is 0. The van der Waals surface area contributed by atoms with Crippen molar-refractivity contribution in [1.82, 2.24) is 10.2 Å². The zero-order valence-electron chi connectivity index (χ0n) is 12.3. The molecule has 0 aromatic carbocycles. The lowest BCUT2D eigenvalue weighted by atomic mass is 10.2. The van der Waals surface area contributed by atoms with Gasteiger partial charge >= 0.3 is 0 Å². The lowest BCUT2D eigenvalue weighted by molar-refractivity contribution is 0.0761. The fourth-order valence-electron chi connectivity index (χ4n) is 2.14. The molecule has 0 saturated carbocycles. The summed E-state index contributed by atoms with van der Waals surface area (Å²) in [6.07, 6.45) is 4.36. The van der Waals surface area contributed by atoms with Crippen LogP contribution in [-0.4, -0.2) is 63.5 Å². The molecule has 0 radical (unpaired) electrons. The first-order chi connectivity index (χ1) is 8.68. The number of nitrogens with one attached hydrogen (secondary N) is 1. The standard InChI is InChI=1S/C14H30N2O2/c1-13(2)17-11-5-7-15-8-9-16(3)12-14-6-4-10-18-14/h13-15H,4-12H2,1-3H3. The minimum absolute atomic E-state index is 0.350. The largest absolute Gasteiger partial charge is 0.379 e. The average Bonchev–Trinajstić information content (AvgIpc) is 2.80. The van der Waals surface area contributed by atoms with Gasteiger partial charge in [0.1, 0.15) is 0 Å². The molecule has 1 unspecified atom stereocenters. The van der Waals surface area contributed by atoms with Gasteiger partial charge in [0.2, 0.25) is 0 Å². The Morgan fingerprint density at radius 3 is 2.89 bits per heavy atom. The van der Waals surface area contributed by atoms with Gasteiger partial charge in [-0.2, -0.15) is 0 Å². The van der Waals surface area contributed by atoms with Crippen molar-refractivity contribution in [1.29, 1.82) is 0 Å². The maximum Gasteiger partial charge on any atom is 0.0702 e. The van der Waals surface area contributed by atoms with Gasteiger partial charge in [0.25, 0.3) is 0 Å². The monoisotopic (exact) mass is 258 g/mol. The average molecular weight is 258 g/mol. The molecular formula is C14H30N2O2. The Labute approximate surface area is 112 Å². The Balaban J connectivity index is 1.84. The third-order valence-electron chi connectivity index (χ3n) is 3.16.